The second-order valence-corrected chi connectivity index (χ2v) is 5.20. The van der Waals surface area contributed by atoms with Gasteiger partial charge in [-0.1, -0.05) is 27.7 Å². The zero-order chi connectivity index (χ0) is 13.3. The molecule has 0 aromatic carbocycles. The summed E-state index contributed by atoms with van der Waals surface area (Å²) in [6.45, 7) is 15.4. The molecule has 3 nitrogen and oxygen atoms in total. The first kappa shape index (κ1) is 16.9. The molecule has 17 heavy (non-hydrogen) atoms. The molecule has 0 spiro atoms. The second-order valence-electron chi connectivity index (χ2n) is 5.20. The van der Waals surface area contributed by atoms with E-state index >= 15 is 0 Å². The minimum Gasteiger partial charge on any atom is -0.383 e. The standard InChI is InChI=1S/C14H32N2O/c1-7-9-15-14(12(3)4)10-16(8-2)13(5)11-17-6/h12-15H,7-11H2,1-6H3. The first-order chi connectivity index (χ1) is 8.06. The Bertz CT molecular complexity index is 174. The van der Waals surface area contributed by atoms with Crippen molar-refractivity contribution in [3.63, 3.8) is 0 Å². The largest absolute Gasteiger partial charge is 0.383 e. The van der Waals surface area contributed by atoms with Crippen LogP contribution in [0.2, 0.25) is 0 Å². The van der Waals surface area contributed by atoms with Crippen LogP contribution in [0.5, 0.6) is 0 Å². The fourth-order valence-corrected chi connectivity index (χ4v) is 2.06. The van der Waals surface area contributed by atoms with Crippen LogP contribution in [0.15, 0.2) is 0 Å². The van der Waals surface area contributed by atoms with Crippen molar-refractivity contribution in [2.24, 2.45) is 5.92 Å². The third kappa shape index (κ3) is 7.02. The van der Waals surface area contributed by atoms with E-state index in [9.17, 15) is 0 Å². The maximum absolute atomic E-state index is 5.25. The summed E-state index contributed by atoms with van der Waals surface area (Å²) in [5, 5.41) is 3.65. The van der Waals surface area contributed by atoms with E-state index in [1.807, 2.05) is 0 Å². The van der Waals surface area contributed by atoms with Crippen molar-refractivity contribution < 1.29 is 4.74 Å². The third-order valence-electron chi connectivity index (χ3n) is 3.33. The number of nitrogens with zero attached hydrogens (tertiary/aromatic N) is 1. The predicted molar refractivity (Wildman–Crippen MR) is 75.5 cm³/mol. The molecular weight excluding hydrogens is 212 g/mol. The lowest BCUT2D eigenvalue weighted by Crippen LogP contribution is -2.48. The molecule has 3 heteroatoms. The van der Waals surface area contributed by atoms with E-state index in [0.29, 0.717) is 18.0 Å². The second kappa shape index (κ2) is 9.86. The van der Waals surface area contributed by atoms with E-state index in [4.69, 9.17) is 4.74 Å². The predicted octanol–water partition coefficient (Wildman–Crippen LogP) is 2.37. The number of likely N-dealkylation sites (N-methyl/N-ethyl adjacent to an activating group) is 1. The molecule has 0 bridgehead atoms. The summed E-state index contributed by atoms with van der Waals surface area (Å²) >= 11 is 0. The monoisotopic (exact) mass is 244 g/mol. The van der Waals surface area contributed by atoms with Crippen LogP contribution in [0.1, 0.15) is 41.0 Å². The zero-order valence-corrected chi connectivity index (χ0v) is 12.6. The summed E-state index contributed by atoms with van der Waals surface area (Å²) in [7, 11) is 1.78. The minimum atomic E-state index is 0.495. The van der Waals surface area contributed by atoms with Crippen LogP contribution in [-0.4, -0.2) is 50.3 Å². The average Bonchev–Trinajstić information content (AvgIpc) is 2.29. The highest BCUT2D eigenvalue weighted by atomic mass is 16.5. The van der Waals surface area contributed by atoms with Gasteiger partial charge in [0.05, 0.1) is 6.61 Å². The maximum Gasteiger partial charge on any atom is 0.0615 e. The molecule has 0 aliphatic carbocycles. The number of hydrogen-bond acceptors (Lipinski definition) is 3. The van der Waals surface area contributed by atoms with Crippen molar-refractivity contribution in [3.05, 3.63) is 0 Å². The van der Waals surface area contributed by atoms with Crippen LogP contribution < -0.4 is 5.32 Å². The van der Waals surface area contributed by atoms with Crippen molar-refractivity contribution in [1.82, 2.24) is 10.2 Å². The molecule has 0 radical (unpaired) electrons. The van der Waals surface area contributed by atoms with Gasteiger partial charge in [0.1, 0.15) is 0 Å². The zero-order valence-electron chi connectivity index (χ0n) is 12.6. The maximum atomic E-state index is 5.25. The number of rotatable bonds is 10. The van der Waals surface area contributed by atoms with E-state index in [0.717, 1.165) is 26.2 Å². The van der Waals surface area contributed by atoms with Crippen LogP contribution in [0.4, 0.5) is 0 Å². The molecule has 2 atom stereocenters. The van der Waals surface area contributed by atoms with Gasteiger partial charge in [0.25, 0.3) is 0 Å². The number of ether oxygens (including phenoxy) is 1. The fourth-order valence-electron chi connectivity index (χ4n) is 2.06. The molecule has 0 aliphatic rings. The van der Waals surface area contributed by atoms with Crippen molar-refractivity contribution in [3.8, 4) is 0 Å². The molecule has 0 fully saturated rings. The van der Waals surface area contributed by atoms with Gasteiger partial charge in [-0.15, -0.1) is 0 Å². The lowest BCUT2D eigenvalue weighted by Gasteiger charge is -2.33. The summed E-state index contributed by atoms with van der Waals surface area (Å²) < 4.78 is 5.25. The molecule has 0 heterocycles. The minimum absolute atomic E-state index is 0.495. The van der Waals surface area contributed by atoms with Gasteiger partial charge in [-0.2, -0.15) is 0 Å². The Morgan fingerprint density at radius 2 is 1.82 bits per heavy atom. The number of methoxy groups -OCH3 is 1. The van der Waals surface area contributed by atoms with Crippen LogP contribution in [-0.2, 0) is 4.74 Å². The molecule has 0 amide bonds. The van der Waals surface area contributed by atoms with Gasteiger partial charge in [0, 0.05) is 25.7 Å². The van der Waals surface area contributed by atoms with Crippen LogP contribution in [0, 0.1) is 5.92 Å². The van der Waals surface area contributed by atoms with Gasteiger partial charge < -0.3 is 10.1 Å². The molecule has 0 aliphatic heterocycles. The van der Waals surface area contributed by atoms with Gasteiger partial charge in [-0.25, -0.2) is 0 Å². The summed E-state index contributed by atoms with van der Waals surface area (Å²) in [6.07, 6.45) is 1.20. The first-order valence-corrected chi connectivity index (χ1v) is 7.03. The highest BCUT2D eigenvalue weighted by molar-refractivity contribution is 4.77. The van der Waals surface area contributed by atoms with Crippen molar-refractivity contribution in [2.45, 2.75) is 53.1 Å². The molecule has 2 unspecified atom stereocenters. The summed E-state index contributed by atoms with van der Waals surface area (Å²) in [5.41, 5.74) is 0. The normalized spacial score (nSPS) is 15.5. The summed E-state index contributed by atoms with van der Waals surface area (Å²) in [6, 6.07) is 1.07. The summed E-state index contributed by atoms with van der Waals surface area (Å²) in [4.78, 5) is 2.50. The Kier molecular flexibility index (Phi) is 9.79. The molecule has 0 saturated heterocycles. The van der Waals surface area contributed by atoms with E-state index in [2.05, 4.69) is 44.8 Å². The SMILES string of the molecule is CCCNC(CN(CC)C(C)COC)C(C)C. The van der Waals surface area contributed by atoms with Crippen molar-refractivity contribution in [2.75, 3.05) is 33.4 Å². The number of hydrogen-bond donors (Lipinski definition) is 1. The van der Waals surface area contributed by atoms with Crippen molar-refractivity contribution in [1.29, 1.82) is 0 Å². The average molecular weight is 244 g/mol. The van der Waals surface area contributed by atoms with Crippen LogP contribution in [0.25, 0.3) is 0 Å². The lowest BCUT2D eigenvalue weighted by molar-refractivity contribution is 0.0910. The van der Waals surface area contributed by atoms with Gasteiger partial charge in [-0.3, -0.25) is 4.90 Å². The van der Waals surface area contributed by atoms with Crippen LogP contribution >= 0.6 is 0 Å². The smallest absolute Gasteiger partial charge is 0.0615 e. The molecule has 0 aromatic rings. The summed E-state index contributed by atoms with van der Waals surface area (Å²) in [5.74, 6) is 0.672. The molecule has 1 N–H and O–H groups in total. The Hall–Kier alpha value is -0.120. The third-order valence-corrected chi connectivity index (χ3v) is 3.33. The van der Waals surface area contributed by atoms with E-state index < -0.39 is 0 Å². The van der Waals surface area contributed by atoms with Crippen LogP contribution in [0.3, 0.4) is 0 Å². The molecule has 0 saturated carbocycles. The topological polar surface area (TPSA) is 24.5 Å². The molecule has 0 rings (SSSR count). The lowest BCUT2D eigenvalue weighted by atomic mass is 10.0. The van der Waals surface area contributed by atoms with Gasteiger partial charge in [0.15, 0.2) is 0 Å². The quantitative estimate of drug-likeness (QED) is 0.638. The van der Waals surface area contributed by atoms with E-state index in [1.165, 1.54) is 6.42 Å². The van der Waals surface area contributed by atoms with Crippen molar-refractivity contribution >= 4 is 0 Å². The fraction of sp³-hybridized carbons (Fsp3) is 1.00. The van der Waals surface area contributed by atoms with Gasteiger partial charge in [-0.05, 0) is 32.4 Å². The molecule has 0 aromatic heterocycles. The highest BCUT2D eigenvalue weighted by Crippen LogP contribution is 2.08. The molecular formula is C14H32N2O. The Balaban J connectivity index is 4.26. The van der Waals surface area contributed by atoms with E-state index in [1.54, 1.807) is 7.11 Å². The highest BCUT2D eigenvalue weighted by Gasteiger charge is 2.19. The van der Waals surface area contributed by atoms with Gasteiger partial charge in [0.2, 0.25) is 0 Å². The number of nitrogens with one attached hydrogen (secondary N) is 1. The van der Waals surface area contributed by atoms with Gasteiger partial charge >= 0.3 is 0 Å². The van der Waals surface area contributed by atoms with E-state index in [-0.39, 0.29) is 0 Å². The molecule has 104 valence electrons. The Morgan fingerprint density at radius 3 is 2.24 bits per heavy atom. The Morgan fingerprint density at radius 1 is 1.18 bits per heavy atom. The Labute approximate surface area is 108 Å². The first-order valence-electron chi connectivity index (χ1n) is 7.03.